The zero-order valence-electron chi connectivity index (χ0n) is 13.6. The predicted molar refractivity (Wildman–Crippen MR) is 81.7 cm³/mol. The Morgan fingerprint density at radius 3 is 1.50 bits per heavy atom. The summed E-state index contributed by atoms with van der Waals surface area (Å²) in [5.74, 6) is -5.90. The van der Waals surface area contributed by atoms with Crippen LogP contribution in [0.25, 0.3) is 0 Å². The van der Waals surface area contributed by atoms with Gasteiger partial charge >= 0.3 is 23.9 Å². The van der Waals surface area contributed by atoms with Gasteiger partial charge in [0.15, 0.2) is 0 Å². The maximum Gasteiger partial charge on any atom is 0.339 e. The van der Waals surface area contributed by atoms with E-state index in [9.17, 15) is 24.3 Å². The van der Waals surface area contributed by atoms with Gasteiger partial charge in [0.2, 0.25) is 0 Å². The van der Waals surface area contributed by atoms with Gasteiger partial charge in [-0.05, 0) is 31.9 Å². The fourth-order valence-electron chi connectivity index (χ4n) is 1.71. The molecule has 0 fully saturated rings. The maximum absolute atomic E-state index is 12.3. The molecule has 0 saturated carbocycles. The number of aromatic carboxylic acids is 3. The molecule has 0 bridgehead atoms. The van der Waals surface area contributed by atoms with Crippen LogP contribution in [-0.2, 0) is 4.74 Å². The van der Waals surface area contributed by atoms with Crippen molar-refractivity contribution in [2.45, 2.75) is 33.3 Å². The molecule has 0 saturated heterocycles. The number of ether oxygens (including phenoxy) is 1. The minimum absolute atomic E-state index is 0.0908. The average Bonchev–Trinajstić information content (AvgIpc) is 2.44. The quantitative estimate of drug-likeness (QED) is 0.672. The van der Waals surface area contributed by atoms with Gasteiger partial charge in [-0.2, -0.15) is 0 Å². The lowest BCUT2D eigenvalue weighted by atomic mass is 9.94. The molecule has 0 atom stereocenters. The number of hydrogen-bond acceptors (Lipinski definition) is 5. The second-order valence-electron chi connectivity index (χ2n) is 6.01. The number of esters is 1. The molecule has 0 aromatic heterocycles. The van der Waals surface area contributed by atoms with Crippen LogP contribution in [0.1, 0.15) is 69.1 Å². The fraction of sp³-hybridized carbons (Fsp3) is 0.375. The zero-order valence-corrected chi connectivity index (χ0v) is 13.6. The molecule has 0 amide bonds. The number of hydrogen-bond donors (Lipinski definition) is 3. The molecule has 8 heteroatoms. The van der Waals surface area contributed by atoms with Crippen molar-refractivity contribution in [3.05, 3.63) is 34.4 Å². The monoisotopic (exact) mass is 338 g/mol. The highest BCUT2D eigenvalue weighted by atomic mass is 16.6. The molecule has 0 aliphatic heterocycles. The molecule has 0 aliphatic rings. The highest BCUT2D eigenvalue weighted by molar-refractivity contribution is 6.09. The highest BCUT2D eigenvalue weighted by Crippen LogP contribution is 2.25. The van der Waals surface area contributed by atoms with Crippen LogP contribution in [0.4, 0.5) is 0 Å². The first-order valence-corrected chi connectivity index (χ1v) is 6.99. The Morgan fingerprint density at radius 1 is 0.833 bits per heavy atom. The molecule has 130 valence electrons. The van der Waals surface area contributed by atoms with Crippen LogP contribution in [0.2, 0.25) is 0 Å². The molecular formula is C16H18O8. The van der Waals surface area contributed by atoms with Crippen LogP contribution in [-0.4, -0.2) is 44.8 Å². The van der Waals surface area contributed by atoms with Crippen LogP contribution in [0.5, 0.6) is 0 Å². The molecule has 1 aromatic carbocycles. The Labute approximate surface area is 137 Å². The first-order valence-electron chi connectivity index (χ1n) is 6.99. The maximum atomic E-state index is 12.3. The first kappa shape index (κ1) is 19.1. The first-order chi connectivity index (χ1) is 10.9. The highest BCUT2D eigenvalue weighted by Gasteiger charge is 2.31. The number of carbonyl (C=O) groups is 4. The van der Waals surface area contributed by atoms with Gasteiger partial charge in [-0.3, -0.25) is 0 Å². The van der Waals surface area contributed by atoms with Crippen molar-refractivity contribution >= 4 is 23.9 Å². The molecular weight excluding hydrogens is 320 g/mol. The summed E-state index contributed by atoms with van der Waals surface area (Å²) in [4.78, 5) is 46.0. The van der Waals surface area contributed by atoms with Gasteiger partial charge in [0, 0.05) is 0 Å². The summed E-state index contributed by atoms with van der Waals surface area (Å²) in [6.45, 7) is 6.84. The zero-order chi connectivity index (χ0) is 18.8. The minimum atomic E-state index is -1.61. The van der Waals surface area contributed by atoms with E-state index in [2.05, 4.69) is 0 Å². The molecule has 0 unspecified atom stereocenters. The van der Waals surface area contributed by atoms with E-state index in [1.54, 1.807) is 27.7 Å². The Kier molecular flexibility index (Phi) is 5.34. The van der Waals surface area contributed by atoms with Gasteiger partial charge in [0.05, 0.1) is 22.3 Å². The van der Waals surface area contributed by atoms with Crippen molar-refractivity contribution in [1.29, 1.82) is 0 Å². The smallest absolute Gasteiger partial charge is 0.339 e. The van der Waals surface area contributed by atoms with Crippen LogP contribution in [0.3, 0.4) is 0 Å². The van der Waals surface area contributed by atoms with Crippen molar-refractivity contribution in [3.8, 4) is 0 Å². The lowest BCUT2D eigenvalue weighted by molar-refractivity contribution is -0.0225. The van der Waals surface area contributed by atoms with E-state index in [1.165, 1.54) is 0 Å². The van der Waals surface area contributed by atoms with E-state index in [0.29, 0.717) is 12.1 Å². The van der Waals surface area contributed by atoms with Crippen molar-refractivity contribution in [3.63, 3.8) is 0 Å². The number of carboxylic acid groups (broad SMARTS) is 3. The number of carboxylic acids is 3. The van der Waals surface area contributed by atoms with Crippen LogP contribution in [0.15, 0.2) is 12.1 Å². The summed E-state index contributed by atoms with van der Waals surface area (Å²) in [7, 11) is 0. The van der Waals surface area contributed by atoms with Crippen LogP contribution >= 0.6 is 0 Å². The SMILES string of the molecule is CC(C)C(C)(C)OC(=O)c1cc(C(=O)O)c(C(=O)O)cc1C(=O)O. The number of rotatable bonds is 6. The van der Waals surface area contributed by atoms with Crippen LogP contribution in [0, 0.1) is 5.92 Å². The lowest BCUT2D eigenvalue weighted by Gasteiger charge is -2.29. The summed E-state index contributed by atoms with van der Waals surface area (Å²) in [6.07, 6.45) is 0. The van der Waals surface area contributed by atoms with E-state index in [1.807, 2.05) is 0 Å². The molecule has 0 spiro atoms. The molecule has 1 rings (SSSR count). The Bertz CT molecular complexity index is 715. The van der Waals surface area contributed by atoms with Gasteiger partial charge in [-0.25, -0.2) is 19.2 Å². The topological polar surface area (TPSA) is 138 Å². The average molecular weight is 338 g/mol. The molecule has 0 radical (unpaired) electrons. The van der Waals surface area contributed by atoms with Crippen molar-refractivity contribution in [1.82, 2.24) is 0 Å². The van der Waals surface area contributed by atoms with E-state index in [0.717, 1.165) is 0 Å². The lowest BCUT2D eigenvalue weighted by Crippen LogP contribution is -2.34. The molecule has 8 nitrogen and oxygen atoms in total. The second kappa shape index (κ2) is 6.69. The summed E-state index contributed by atoms with van der Waals surface area (Å²) < 4.78 is 5.27. The number of carbonyl (C=O) groups excluding carboxylic acids is 1. The number of benzene rings is 1. The van der Waals surface area contributed by atoms with E-state index < -0.39 is 51.7 Å². The normalized spacial score (nSPS) is 11.2. The Morgan fingerprint density at radius 2 is 1.17 bits per heavy atom. The molecule has 3 N–H and O–H groups in total. The summed E-state index contributed by atoms with van der Waals surface area (Å²) in [6, 6.07) is 1.36. The fourth-order valence-corrected chi connectivity index (χ4v) is 1.71. The van der Waals surface area contributed by atoms with Gasteiger partial charge in [-0.1, -0.05) is 13.8 Å². The van der Waals surface area contributed by atoms with Gasteiger partial charge in [0.1, 0.15) is 5.60 Å². The van der Waals surface area contributed by atoms with Crippen LogP contribution < -0.4 is 0 Å². The van der Waals surface area contributed by atoms with Gasteiger partial charge in [-0.15, -0.1) is 0 Å². The predicted octanol–water partition coefficient (Wildman–Crippen LogP) is 2.37. The third-order valence-corrected chi connectivity index (χ3v) is 3.81. The summed E-state index contributed by atoms with van der Waals surface area (Å²) in [5, 5.41) is 27.4. The minimum Gasteiger partial charge on any atom is -0.478 e. The van der Waals surface area contributed by atoms with E-state index >= 15 is 0 Å². The standard InChI is InChI=1S/C16H18O8/c1-7(2)16(3,4)24-15(23)11-6-9(13(19)20)8(12(17)18)5-10(11)14(21)22/h5-7H,1-4H3,(H,17,18)(H,19,20)(H,21,22). The molecule has 0 aliphatic carbocycles. The third kappa shape index (κ3) is 3.89. The Hall–Kier alpha value is -2.90. The van der Waals surface area contributed by atoms with Crippen molar-refractivity contribution < 1.29 is 39.2 Å². The Balaban J connectivity index is 3.54. The molecule has 24 heavy (non-hydrogen) atoms. The van der Waals surface area contributed by atoms with Crippen molar-refractivity contribution in [2.24, 2.45) is 5.92 Å². The van der Waals surface area contributed by atoms with Gasteiger partial charge < -0.3 is 20.1 Å². The second-order valence-corrected chi connectivity index (χ2v) is 6.01. The largest absolute Gasteiger partial charge is 0.478 e. The summed E-state index contributed by atoms with van der Waals surface area (Å²) >= 11 is 0. The summed E-state index contributed by atoms with van der Waals surface area (Å²) in [5.41, 5.74) is -3.50. The third-order valence-electron chi connectivity index (χ3n) is 3.81. The van der Waals surface area contributed by atoms with E-state index in [4.69, 9.17) is 14.9 Å². The van der Waals surface area contributed by atoms with Crippen molar-refractivity contribution in [2.75, 3.05) is 0 Å². The van der Waals surface area contributed by atoms with E-state index in [-0.39, 0.29) is 5.92 Å². The van der Waals surface area contributed by atoms with Gasteiger partial charge in [0.25, 0.3) is 0 Å². The molecule has 0 heterocycles. The molecule has 1 aromatic rings.